The van der Waals surface area contributed by atoms with Crippen molar-refractivity contribution < 1.29 is 14.0 Å². The molecule has 6 nitrogen and oxygen atoms in total. The molecule has 0 saturated heterocycles. The molecule has 1 aliphatic rings. The van der Waals surface area contributed by atoms with Gasteiger partial charge >= 0.3 is 0 Å². The van der Waals surface area contributed by atoms with E-state index in [1.165, 1.54) is 12.1 Å². The standard InChI is InChI=1S/C23H17FN4O2/c24-14-5-10-17-18(12-22(29)27-20(17)11-14)23(30)26-15-6-8-16(9-7-15)28-13-25-19-3-1-2-4-21(19)28/h1-11,13,18H,12H2,(H,26,30)(H,27,29). The monoisotopic (exact) mass is 400 g/mol. The van der Waals surface area contributed by atoms with Crippen molar-refractivity contribution in [2.45, 2.75) is 12.3 Å². The van der Waals surface area contributed by atoms with E-state index in [2.05, 4.69) is 15.6 Å². The Morgan fingerprint density at radius 3 is 2.73 bits per heavy atom. The van der Waals surface area contributed by atoms with Crippen LogP contribution in [0.2, 0.25) is 0 Å². The number of carbonyl (C=O) groups is 2. The maximum absolute atomic E-state index is 13.5. The second-order valence-electron chi connectivity index (χ2n) is 7.18. The Morgan fingerprint density at radius 1 is 1.10 bits per heavy atom. The molecule has 30 heavy (non-hydrogen) atoms. The van der Waals surface area contributed by atoms with Gasteiger partial charge in [0.25, 0.3) is 0 Å². The summed E-state index contributed by atoms with van der Waals surface area (Å²) in [6, 6.07) is 19.3. The number of carbonyl (C=O) groups excluding carboxylic acids is 2. The van der Waals surface area contributed by atoms with E-state index in [0.29, 0.717) is 16.9 Å². The van der Waals surface area contributed by atoms with E-state index in [1.807, 2.05) is 41.0 Å². The van der Waals surface area contributed by atoms with Crippen LogP contribution in [-0.4, -0.2) is 21.4 Å². The number of imidazole rings is 1. The van der Waals surface area contributed by atoms with Gasteiger partial charge in [0.1, 0.15) is 12.1 Å². The molecule has 3 aromatic carbocycles. The average Bonchev–Trinajstić information content (AvgIpc) is 3.17. The summed E-state index contributed by atoms with van der Waals surface area (Å²) in [7, 11) is 0. The molecule has 0 radical (unpaired) electrons. The summed E-state index contributed by atoms with van der Waals surface area (Å²) in [4.78, 5) is 29.2. The Kier molecular flexibility index (Phi) is 4.28. The number of hydrogen-bond donors (Lipinski definition) is 2. The van der Waals surface area contributed by atoms with E-state index >= 15 is 0 Å². The lowest BCUT2D eigenvalue weighted by Gasteiger charge is -2.25. The fourth-order valence-electron chi connectivity index (χ4n) is 3.77. The largest absolute Gasteiger partial charge is 0.326 e. The van der Waals surface area contributed by atoms with Gasteiger partial charge in [-0.05, 0) is 54.1 Å². The van der Waals surface area contributed by atoms with E-state index in [4.69, 9.17) is 0 Å². The maximum Gasteiger partial charge on any atom is 0.232 e. The Hall–Kier alpha value is -4.00. The first-order chi connectivity index (χ1) is 14.6. The van der Waals surface area contributed by atoms with Gasteiger partial charge in [0.15, 0.2) is 0 Å². The number of fused-ring (bicyclic) bond motifs is 2. The van der Waals surface area contributed by atoms with Crippen molar-refractivity contribution in [3.05, 3.63) is 84.4 Å². The van der Waals surface area contributed by atoms with E-state index in [-0.39, 0.29) is 18.2 Å². The number of nitrogens with one attached hydrogen (secondary N) is 2. The van der Waals surface area contributed by atoms with E-state index in [9.17, 15) is 14.0 Å². The summed E-state index contributed by atoms with van der Waals surface area (Å²) in [6.45, 7) is 0. The highest BCUT2D eigenvalue weighted by molar-refractivity contribution is 6.05. The zero-order valence-corrected chi connectivity index (χ0v) is 15.8. The van der Waals surface area contributed by atoms with Gasteiger partial charge in [-0.25, -0.2) is 9.37 Å². The summed E-state index contributed by atoms with van der Waals surface area (Å²) in [5.74, 6) is -1.75. The van der Waals surface area contributed by atoms with Gasteiger partial charge < -0.3 is 10.6 Å². The highest BCUT2D eigenvalue weighted by Gasteiger charge is 2.31. The van der Waals surface area contributed by atoms with Crippen LogP contribution in [0.5, 0.6) is 0 Å². The molecule has 7 heteroatoms. The van der Waals surface area contributed by atoms with Gasteiger partial charge in [0.05, 0.1) is 17.0 Å². The molecule has 0 fully saturated rings. The third-order valence-corrected chi connectivity index (χ3v) is 5.24. The SMILES string of the molecule is O=C1CC(C(=O)Nc2ccc(-n3cnc4ccccc43)cc2)c2ccc(F)cc2N1. The number of aromatic nitrogens is 2. The smallest absolute Gasteiger partial charge is 0.232 e. The zero-order chi connectivity index (χ0) is 20.7. The average molecular weight is 400 g/mol. The third-order valence-electron chi connectivity index (χ3n) is 5.24. The molecule has 2 N–H and O–H groups in total. The maximum atomic E-state index is 13.5. The minimum Gasteiger partial charge on any atom is -0.326 e. The minimum absolute atomic E-state index is 0.0174. The van der Waals surface area contributed by atoms with Crippen molar-refractivity contribution in [3.8, 4) is 5.69 Å². The number of hydrogen-bond acceptors (Lipinski definition) is 3. The first-order valence-corrected chi connectivity index (χ1v) is 9.51. The molecular formula is C23H17FN4O2. The Balaban J connectivity index is 1.38. The first kappa shape index (κ1) is 18.1. The van der Waals surface area contributed by atoms with Crippen LogP contribution >= 0.6 is 0 Å². The lowest BCUT2D eigenvalue weighted by Crippen LogP contribution is -2.30. The van der Waals surface area contributed by atoms with Crippen LogP contribution < -0.4 is 10.6 Å². The lowest BCUT2D eigenvalue weighted by molar-refractivity contribution is -0.123. The topological polar surface area (TPSA) is 76.0 Å². The van der Waals surface area contributed by atoms with Gasteiger partial charge in [0.2, 0.25) is 11.8 Å². The zero-order valence-electron chi connectivity index (χ0n) is 15.8. The molecule has 0 aliphatic carbocycles. The van der Waals surface area contributed by atoms with Crippen LogP contribution in [0.1, 0.15) is 17.9 Å². The number of amides is 2. The lowest BCUT2D eigenvalue weighted by atomic mass is 9.89. The summed E-state index contributed by atoms with van der Waals surface area (Å²) >= 11 is 0. The highest BCUT2D eigenvalue weighted by atomic mass is 19.1. The number of benzene rings is 3. The van der Waals surface area contributed by atoms with Gasteiger partial charge in [0, 0.05) is 23.5 Å². The van der Waals surface area contributed by atoms with E-state index < -0.39 is 11.7 Å². The predicted octanol–water partition coefficient (Wildman–Crippen LogP) is 4.23. The summed E-state index contributed by atoms with van der Waals surface area (Å²) < 4.78 is 15.5. The highest BCUT2D eigenvalue weighted by Crippen LogP contribution is 2.33. The van der Waals surface area contributed by atoms with Crippen molar-refractivity contribution >= 4 is 34.2 Å². The summed E-state index contributed by atoms with van der Waals surface area (Å²) in [5, 5.41) is 5.48. The molecule has 4 aromatic rings. The normalized spacial score (nSPS) is 15.5. The number of nitrogens with zero attached hydrogens (tertiary/aromatic N) is 2. The van der Waals surface area contributed by atoms with Gasteiger partial charge in [-0.15, -0.1) is 0 Å². The Labute approximate surface area is 171 Å². The van der Waals surface area contributed by atoms with Gasteiger partial charge in [-0.1, -0.05) is 18.2 Å². The van der Waals surface area contributed by atoms with Crippen molar-refractivity contribution in [2.24, 2.45) is 0 Å². The van der Waals surface area contributed by atoms with E-state index in [0.717, 1.165) is 16.7 Å². The molecule has 1 aliphatic heterocycles. The fourth-order valence-corrected chi connectivity index (χ4v) is 3.77. The summed E-state index contributed by atoms with van der Waals surface area (Å²) in [5.41, 5.74) is 4.37. The molecule has 2 heterocycles. The number of para-hydroxylation sites is 2. The molecule has 1 aromatic heterocycles. The predicted molar refractivity (Wildman–Crippen MR) is 112 cm³/mol. The Bertz CT molecular complexity index is 1280. The molecule has 148 valence electrons. The first-order valence-electron chi connectivity index (χ1n) is 9.51. The second-order valence-corrected chi connectivity index (χ2v) is 7.18. The van der Waals surface area contributed by atoms with Crippen molar-refractivity contribution in [1.82, 2.24) is 9.55 Å². The molecule has 0 saturated carbocycles. The van der Waals surface area contributed by atoms with Crippen LogP contribution in [-0.2, 0) is 9.59 Å². The molecule has 0 bridgehead atoms. The molecule has 5 rings (SSSR count). The van der Waals surface area contributed by atoms with Crippen molar-refractivity contribution in [2.75, 3.05) is 10.6 Å². The molecular weight excluding hydrogens is 383 g/mol. The third kappa shape index (κ3) is 3.20. The van der Waals surface area contributed by atoms with Gasteiger partial charge in [-0.3, -0.25) is 14.2 Å². The van der Waals surface area contributed by atoms with Crippen LogP contribution in [0.4, 0.5) is 15.8 Å². The van der Waals surface area contributed by atoms with Gasteiger partial charge in [-0.2, -0.15) is 0 Å². The van der Waals surface area contributed by atoms with Crippen molar-refractivity contribution in [3.63, 3.8) is 0 Å². The van der Waals surface area contributed by atoms with Crippen LogP contribution in [0.25, 0.3) is 16.7 Å². The quantitative estimate of drug-likeness (QED) is 0.540. The molecule has 1 atom stereocenters. The number of halogens is 1. The van der Waals surface area contributed by atoms with Crippen LogP contribution in [0, 0.1) is 5.82 Å². The fraction of sp³-hybridized carbons (Fsp3) is 0.0870. The number of rotatable bonds is 3. The molecule has 0 spiro atoms. The van der Waals surface area contributed by atoms with Crippen LogP contribution in [0.15, 0.2) is 73.1 Å². The second kappa shape index (κ2) is 7.11. The Morgan fingerprint density at radius 2 is 1.90 bits per heavy atom. The molecule has 2 amide bonds. The van der Waals surface area contributed by atoms with Crippen LogP contribution in [0.3, 0.4) is 0 Å². The van der Waals surface area contributed by atoms with Crippen molar-refractivity contribution in [1.29, 1.82) is 0 Å². The minimum atomic E-state index is -0.674. The summed E-state index contributed by atoms with van der Waals surface area (Å²) in [6.07, 6.45) is 1.78. The molecule has 1 unspecified atom stereocenters. The number of anilines is 2. The van der Waals surface area contributed by atoms with E-state index in [1.54, 1.807) is 24.5 Å².